The van der Waals surface area contributed by atoms with E-state index in [9.17, 15) is 9.59 Å². The number of esters is 1. The summed E-state index contributed by atoms with van der Waals surface area (Å²) in [4.78, 5) is 21.5. The van der Waals surface area contributed by atoms with Gasteiger partial charge in [-0.3, -0.25) is 4.79 Å². The molecule has 1 aliphatic heterocycles. The highest BCUT2D eigenvalue weighted by Gasteiger charge is 2.04. The van der Waals surface area contributed by atoms with Gasteiger partial charge in [0.15, 0.2) is 0 Å². The van der Waals surface area contributed by atoms with E-state index in [0.717, 1.165) is 15.0 Å². The monoisotopic (exact) mass is 542 g/mol. The van der Waals surface area contributed by atoms with Crippen molar-refractivity contribution < 1.29 is 23.9 Å². The third-order valence-electron chi connectivity index (χ3n) is 5.45. The van der Waals surface area contributed by atoms with Crippen molar-refractivity contribution in [1.29, 1.82) is 0 Å². The summed E-state index contributed by atoms with van der Waals surface area (Å²) in [7, 11) is 2.11. The first-order valence-electron chi connectivity index (χ1n) is 13.5. The number of ether oxygens (including phenoxy) is 1. The van der Waals surface area contributed by atoms with Gasteiger partial charge in [-0.15, -0.1) is 0 Å². The topological polar surface area (TPSA) is 72.8 Å². The molecule has 1 fully saturated rings. The summed E-state index contributed by atoms with van der Waals surface area (Å²) < 4.78 is 10.5. The first kappa shape index (κ1) is 33.0. The van der Waals surface area contributed by atoms with Gasteiger partial charge in [-0.05, 0) is 41.0 Å². The van der Waals surface area contributed by atoms with Crippen LogP contribution in [0.4, 0.5) is 0 Å². The fraction of sp³-hybridized carbons (Fsp3) is 0.680. The zero-order chi connectivity index (χ0) is 25.3. The molecule has 0 unspecified atom stereocenters. The normalized spacial score (nSPS) is 15.5. The lowest BCUT2D eigenvalue weighted by Gasteiger charge is -2.07. The van der Waals surface area contributed by atoms with Crippen LogP contribution in [0.2, 0.25) is 0 Å². The molecule has 2 rings (SSSR count). The molecule has 0 aromatic heterocycles. The third kappa shape index (κ3) is 24.1. The number of hydrogen-bond acceptors (Lipinski definition) is 4. The van der Waals surface area contributed by atoms with Gasteiger partial charge in [-0.25, -0.2) is 4.79 Å². The lowest BCUT2D eigenvalue weighted by Crippen LogP contribution is -2.31. The van der Waals surface area contributed by atoms with Crippen LogP contribution in [0.3, 0.4) is 0 Å². The van der Waals surface area contributed by atoms with Gasteiger partial charge in [0.1, 0.15) is 9.28 Å². The number of carbonyl (C=O) groups excluding carboxylic acids is 1. The van der Waals surface area contributed by atoms with Gasteiger partial charge < -0.3 is 14.3 Å². The van der Waals surface area contributed by atoms with Gasteiger partial charge in [0, 0.05) is 30.2 Å². The standard InChI is InChI=1S/C17H34O2.C7H6O2.CH10OSi4/c1-4-5-6-7-8-9-10-11-12-13-14-15-17(18)19-16(2)3;8-7(9)6-4-2-1-3-5-6;1-2-4-6-5-3-1/h16H,4-15H2,1-3H3;1-5H,(H,8,9);1,3-6H2. The van der Waals surface area contributed by atoms with Crippen LogP contribution in [-0.4, -0.2) is 64.8 Å². The maximum absolute atomic E-state index is 11.3. The molecule has 1 aromatic carbocycles. The summed E-state index contributed by atoms with van der Waals surface area (Å²) in [5, 5.41) is 8.38. The predicted molar refractivity (Wildman–Crippen MR) is 156 cm³/mol. The van der Waals surface area contributed by atoms with Crippen LogP contribution in [-0.2, 0) is 14.0 Å². The number of unbranched alkanes of at least 4 members (excludes halogenated alkanes) is 10. The van der Waals surface area contributed by atoms with Crippen LogP contribution in [0.15, 0.2) is 30.3 Å². The second-order valence-electron chi connectivity index (χ2n) is 9.17. The molecule has 0 spiro atoms. The van der Waals surface area contributed by atoms with Gasteiger partial charge in [0.05, 0.1) is 11.7 Å². The minimum Gasteiger partial charge on any atom is -0.478 e. The molecule has 196 valence electrons. The molecule has 0 amide bonds. The van der Waals surface area contributed by atoms with E-state index in [1.165, 1.54) is 70.4 Å². The molecule has 1 saturated heterocycles. The van der Waals surface area contributed by atoms with E-state index in [1.54, 1.807) is 30.3 Å². The Morgan fingerprint density at radius 2 is 1.47 bits per heavy atom. The van der Waals surface area contributed by atoms with Crippen LogP contribution >= 0.6 is 0 Å². The average Bonchev–Trinajstić information content (AvgIpc) is 2.84. The van der Waals surface area contributed by atoms with Crippen LogP contribution < -0.4 is 0 Å². The number of benzene rings is 1. The van der Waals surface area contributed by atoms with E-state index in [2.05, 4.69) is 6.92 Å². The highest BCUT2D eigenvalue weighted by Crippen LogP contribution is 2.12. The number of hydrogen-bond donors (Lipinski definition) is 1. The molecule has 0 aliphatic carbocycles. The fourth-order valence-electron chi connectivity index (χ4n) is 3.52. The van der Waals surface area contributed by atoms with Crippen LogP contribution in [0, 0.1) is 0 Å². The predicted octanol–water partition coefficient (Wildman–Crippen LogP) is 3.33. The van der Waals surface area contributed by atoms with Gasteiger partial charge in [0.2, 0.25) is 0 Å². The van der Waals surface area contributed by atoms with E-state index in [1.807, 2.05) is 13.8 Å². The minimum atomic E-state index is -0.879. The molecule has 1 aliphatic rings. The zero-order valence-corrected chi connectivity index (χ0v) is 27.7. The molecule has 1 N–H and O–H groups in total. The number of rotatable bonds is 14. The number of carboxylic acid groups (broad SMARTS) is 1. The summed E-state index contributed by atoms with van der Waals surface area (Å²) in [6.45, 7) is 6.06. The molecule has 1 heterocycles. The largest absolute Gasteiger partial charge is 0.478 e. The Labute approximate surface area is 217 Å². The SMILES string of the molecule is C1O[SiH2][SiH2][SiH2][SiH2]1.CCCCCCCCCCCCCC(=O)OC(C)C.O=C(O)c1ccccc1. The van der Waals surface area contributed by atoms with E-state index >= 15 is 0 Å². The van der Waals surface area contributed by atoms with Crippen molar-refractivity contribution in [2.24, 2.45) is 0 Å². The molecular formula is C25H50O5Si4. The number of carbonyl (C=O) groups is 2. The van der Waals surface area contributed by atoms with E-state index in [0.29, 0.717) is 29.6 Å². The molecule has 0 bridgehead atoms. The minimum absolute atomic E-state index is 0.0280. The summed E-state index contributed by atoms with van der Waals surface area (Å²) in [6, 6.07) is 8.30. The maximum Gasteiger partial charge on any atom is 0.335 e. The third-order valence-corrected chi connectivity index (χ3v) is 39.2. The average molecular weight is 543 g/mol. The lowest BCUT2D eigenvalue weighted by molar-refractivity contribution is -0.147. The van der Waals surface area contributed by atoms with Crippen molar-refractivity contribution in [1.82, 2.24) is 0 Å². The highest BCUT2D eigenvalue weighted by atomic mass is 29.7. The Morgan fingerprint density at radius 3 is 1.82 bits per heavy atom. The number of carboxylic acids is 1. The molecule has 0 atom stereocenters. The Morgan fingerprint density at radius 1 is 0.912 bits per heavy atom. The Kier molecular flexibility index (Phi) is 24.3. The van der Waals surface area contributed by atoms with Gasteiger partial charge in [0.25, 0.3) is 0 Å². The molecular weight excluding hydrogens is 493 g/mol. The van der Waals surface area contributed by atoms with Crippen molar-refractivity contribution in [3.05, 3.63) is 35.9 Å². The van der Waals surface area contributed by atoms with E-state index < -0.39 is 5.97 Å². The number of aromatic carboxylic acids is 1. The summed E-state index contributed by atoms with van der Waals surface area (Å²) in [5.74, 6) is -0.915. The summed E-state index contributed by atoms with van der Waals surface area (Å²) >= 11 is 0. The second-order valence-corrected chi connectivity index (χ2v) is 32.8. The van der Waals surface area contributed by atoms with Crippen LogP contribution in [0.25, 0.3) is 0 Å². The van der Waals surface area contributed by atoms with Crippen LogP contribution in [0.1, 0.15) is 108 Å². The van der Waals surface area contributed by atoms with Gasteiger partial charge in [-0.2, -0.15) is 0 Å². The zero-order valence-electron chi connectivity index (χ0n) is 22.1. The summed E-state index contributed by atoms with van der Waals surface area (Å²) in [6.07, 6.45) is 16.4. The molecule has 1 aromatic rings. The molecule has 9 heteroatoms. The Bertz CT molecular complexity index is 587. The Hall–Kier alpha value is -1.01. The van der Waals surface area contributed by atoms with Crippen molar-refractivity contribution >= 4 is 47.4 Å². The van der Waals surface area contributed by atoms with Crippen LogP contribution in [0.5, 0.6) is 0 Å². The van der Waals surface area contributed by atoms with E-state index in [-0.39, 0.29) is 21.4 Å². The molecule has 34 heavy (non-hydrogen) atoms. The quantitative estimate of drug-likeness (QED) is 0.222. The maximum atomic E-state index is 11.3. The molecule has 0 radical (unpaired) electrons. The molecule has 5 nitrogen and oxygen atoms in total. The first-order valence-corrected chi connectivity index (χ1v) is 27.1. The lowest BCUT2D eigenvalue weighted by atomic mass is 10.1. The van der Waals surface area contributed by atoms with Crippen molar-refractivity contribution in [2.75, 3.05) is 6.23 Å². The fourth-order valence-corrected chi connectivity index (χ4v) is 36.4. The van der Waals surface area contributed by atoms with Crippen molar-refractivity contribution in [2.45, 2.75) is 104 Å². The first-order chi connectivity index (χ1) is 16.5. The van der Waals surface area contributed by atoms with Crippen molar-refractivity contribution in [3.63, 3.8) is 0 Å². The van der Waals surface area contributed by atoms with E-state index in [4.69, 9.17) is 14.3 Å². The highest BCUT2D eigenvalue weighted by molar-refractivity contribution is 7.44. The second kappa shape index (κ2) is 25.1. The summed E-state index contributed by atoms with van der Waals surface area (Å²) in [5.41, 5.74) is 0.331. The smallest absolute Gasteiger partial charge is 0.335 e. The molecule has 0 saturated carbocycles. The van der Waals surface area contributed by atoms with Gasteiger partial charge >= 0.3 is 11.9 Å². The van der Waals surface area contributed by atoms with Gasteiger partial charge in [-0.1, -0.05) is 89.3 Å². The van der Waals surface area contributed by atoms with Crippen molar-refractivity contribution in [3.8, 4) is 0 Å². The Balaban J connectivity index is 0.000000586.